The highest BCUT2D eigenvalue weighted by atomic mass is 15.1. The van der Waals surface area contributed by atoms with Gasteiger partial charge in [0.25, 0.3) is 0 Å². The molecule has 0 saturated heterocycles. The Hall–Kier alpha value is -2.63. The Kier molecular flexibility index (Phi) is 4.64. The van der Waals surface area contributed by atoms with Crippen LogP contribution in [-0.2, 0) is 13.0 Å². The van der Waals surface area contributed by atoms with E-state index in [1.54, 1.807) is 0 Å². The Morgan fingerprint density at radius 2 is 2.00 bits per heavy atom. The Labute approximate surface area is 141 Å². The average molecular weight is 324 g/mol. The topological polar surface area (TPSA) is 107 Å². The molecule has 0 radical (unpaired) electrons. The molecule has 0 fully saturated rings. The quantitative estimate of drug-likeness (QED) is 0.458. The number of para-hydroxylation sites is 1. The van der Waals surface area contributed by atoms with E-state index in [0.29, 0.717) is 12.2 Å². The molecule has 0 saturated carbocycles. The maximum Gasteiger partial charge on any atom is 0.152 e. The number of fused-ring (bicyclic) bond motifs is 3. The molecule has 6 nitrogen and oxygen atoms in total. The van der Waals surface area contributed by atoms with Crippen molar-refractivity contribution in [3.63, 3.8) is 0 Å². The van der Waals surface area contributed by atoms with E-state index in [2.05, 4.69) is 22.5 Å². The number of aryl methyl sites for hydroxylation is 2. The van der Waals surface area contributed by atoms with Gasteiger partial charge in [0.2, 0.25) is 0 Å². The van der Waals surface area contributed by atoms with Gasteiger partial charge in [0.15, 0.2) is 5.82 Å². The molecule has 2 heterocycles. The summed E-state index contributed by atoms with van der Waals surface area (Å²) in [6.07, 6.45) is 4.52. The van der Waals surface area contributed by atoms with Crippen molar-refractivity contribution >= 4 is 33.6 Å². The van der Waals surface area contributed by atoms with Gasteiger partial charge in [0.05, 0.1) is 16.9 Å². The van der Waals surface area contributed by atoms with Gasteiger partial charge in [-0.15, -0.1) is 0 Å². The lowest BCUT2D eigenvalue weighted by molar-refractivity contribution is 0.621. The first-order chi connectivity index (χ1) is 11.6. The molecule has 0 spiro atoms. The fourth-order valence-corrected chi connectivity index (χ4v) is 3.10. The number of pyridine rings is 1. The van der Waals surface area contributed by atoms with E-state index in [1.807, 2.05) is 18.2 Å². The summed E-state index contributed by atoms with van der Waals surface area (Å²) < 4.78 is 2.24. The third-order valence-electron chi connectivity index (χ3n) is 4.27. The van der Waals surface area contributed by atoms with Gasteiger partial charge in [-0.05, 0) is 18.9 Å². The SMILES string of the molecule is CCCCc1nc2c(N)nc3ccccc3c2n1CCCC(=N)N. The predicted molar refractivity (Wildman–Crippen MR) is 99.2 cm³/mol. The predicted octanol–water partition coefficient (Wildman–Crippen LogP) is 3.23. The van der Waals surface area contributed by atoms with Gasteiger partial charge in [0.1, 0.15) is 11.3 Å². The van der Waals surface area contributed by atoms with Crippen LogP contribution in [0.3, 0.4) is 0 Å². The van der Waals surface area contributed by atoms with E-state index in [1.165, 1.54) is 0 Å². The zero-order valence-corrected chi connectivity index (χ0v) is 14.0. The van der Waals surface area contributed by atoms with Crippen LogP contribution in [-0.4, -0.2) is 20.4 Å². The Bertz CT molecular complexity index is 880. The lowest BCUT2D eigenvalue weighted by Crippen LogP contribution is -2.12. The van der Waals surface area contributed by atoms with Gasteiger partial charge in [-0.1, -0.05) is 31.5 Å². The Balaban J connectivity index is 2.16. The second kappa shape index (κ2) is 6.86. The van der Waals surface area contributed by atoms with E-state index in [9.17, 15) is 0 Å². The van der Waals surface area contributed by atoms with Gasteiger partial charge >= 0.3 is 0 Å². The molecular weight excluding hydrogens is 300 g/mol. The third kappa shape index (κ3) is 3.04. The van der Waals surface area contributed by atoms with Gasteiger partial charge < -0.3 is 16.0 Å². The number of nitrogens with zero attached hydrogens (tertiary/aromatic N) is 3. The van der Waals surface area contributed by atoms with Crippen LogP contribution in [0.1, 0.15) is 38.4 Å². The number of nitrogens with two attached hydrogens (primary N) is 2. The number of aromatic nitrogens is 3. The molecular formula is C18H24N6. The number of anilines is 1. The third-order valence-corrected chi connectivity index (χ3v) is 4.27. The van der Waals surface area contributed by atoms with Gasteiger partial charge in [0, 0.05) is 24.8 Å². The van der Waals surface area contributed by atoms with E-state index in [4.69, 9.17) is 21.9 Å². The van der Waals surface area contributed by atoms with Crippen LogP contribution >= 0.6 is 0 Å². The number of benzene rings is 1. The van der Waals surface area contributed by atoms with Gasteiger partial charge in [-0.25, -0.2) is 9.97 Å². The maximum atomic E-state index is 7.44. The number of unbranched alkanes of at least 4 members (excludes halogenated alkanes) is 1. The summed E-state index contributed by atoms with van der Waals surface area (Å²) >= 11 is 0. The molecule has 0 atom stereocenters. The molecule has 6 heteroatoms. The van der Waals surface area contributed by atoms with E-state index >= 15 is 0 Å². The lowest BCUT2D eigenvalue weighted by Gasteiger charge is -2.10. The van der Waals surface area contributed by atoms with E-state index in [-0.39, 0.29) is 5.84 Å². The summed E-state index contributed by atoms with van der Waals surface area (Å²) in [4.78, 5) is 9.28. The Morgan fingerprint density at radius 1 is 1.21 bits per heavy atom. The van der Waals surface area contributed by atoms with Crippen LogP contribution in [0, 0.1) is 5.41 Å². The lowest BCUT2D eigenvalue weighted by atomic mass is 10.1. The van der Waals surface area contributed by atoms with Crippen LogP contribution in [0.4, 0.5) is 5.82 Å². The first kappa shape index (κ1) is 16.2. The minimum atomic E-state index is 0.223. The smallest absolute Gasteiger partial charge is 0.152 e. The van der Waals surface area contributed by atoms with Crippen molar-refractivity contribution in [3.05, 3.63) is 30.1 Å². The van der Waals surface area contributed by atoms with Crippen LogP contribution in [0.15, 0.2) is 24.3 Å². The van der Waals surface area contributed by atoms with Gasteiger partial charge in [-0.3, -0.25) is 5.41 Å². The molecule has 0 bridgehead atoms. The summed E-state index contributed by atoms with van der Waals surface area (Å²) in [5.41, 5.74) is 14.4. The molecule has 0 amide bonds. The highest BCUT2D eigenvalue weighted by Gasteiger charge is 2.16. The number of nitrogen functional groups attached to an aromatic ring is 1. The maximum absolute atomic E-state index is 7.44. The van der Waals surface area contributed by atoms with Crippen LogP contribution in [0.5, 0.6) is 0 Å². The minimum Gasteiger partial charge on any atom is -0.388 e. The molecule has 5 N–H and O–H groups in total. The zero-order valence-electron chi connectivity index (χ0n) is 14.0. The Morgan fingerprint density at radius 3 is 2.75 bits per heavy atom. The van der Waals surface area contributed by atoms with Crippen LogP contribution in [0.2, 0.25) is 0 Å². The molecule has 0 aliphatic rings. The van der Waals surface area contributed by atoms with E-state index < -0.39 is 0 Å². The fourth-order valence-electron chi connectivity index (χ4n) is 3.10. The molecule has 0 unspecified atom stereocenters. The number of rotatable bonds is 7. The van der Waals surface area contributed by atoms with Crippen LogP contribution < -0.4 is 11.5 Å². The normalized spacial score (nSPS) is 11.4. The highest BCUT2D eigenvalue weighted by molar-refractivity contribution is 6.06. The summed E-state index contributed by atoms with van der Waals surface area (Å²) in [5, 5.41) is 8.51. The second-order valence-corrected chi connectivity index (χ2v) is 6.12. The summed E-state index contributed by atoms with van der Waals surface area (Å²) in [7, 11) is 0. The fraction of sp³-hybridized carbons (Fsp3) is 0.389. The number of hydrogen-bond donors (Lipinski definition) is 3. The number of hydrogen-bond acceptors (Lipinski definition) is 4. The molecule has 2 aromatic heterocycles. The largest absolute Gasteiger partial charge is 0.388 e. The van der Waals surface area contributed by atoms with Crippen molar-refractivity contribution in [2.24, 2.45) is 5.73 Å². The van der Waals surface area contributed by atoms with Crippen molar-refractivity contribution in [2.75, 3.05) is 5.73 Å². The minimum absolute atomic E-state index is 0.223. The van der Waals surface area contributed by atoms with Crippen molar-refractivity contribution in [2.45, 2.75) is 45.6 Å². The number of nitrogens with one attached hydrogen (secondary N) is 1. The summed E-state index contributed by atoms with van der Waals surface area (Å²) in [5.74, 6) is 1.74. The van der Waals surface area contributed by atoms with Crippen molar-refractivity contribution in [3.8, 4) is 0 Å². The van der Waals surface area contributed by atoms with Crippen LogP contribution in [0.25, 0.3) is 21.9 Å². The first-order valence-corrected chi connectivity index (χ1v) is 8.48. The second-order valence-electron chi connectivity index (χ2n) is 6.12. The standard InChI is InChI=1S/C18H24N6/c1-2-3-10-15-23-16-17(24(15)11-6-9-14(19)20)12-7-4-5-8-13(12)22-18(16)21/h4-5,7-8H,2-3,6,9-11H2,1H3,(H3,19,20)(H2,21,22). The average Bonchev–Trinajstić information content (AvgIpc) is 2.92. The first-order valence-electron chi connectivity index (χ1n) is 8.48. The highest BCUT2D eigenvalue weighted by Crippen LogP contribution is 2.29. The molecule has 0 aliphatic carbocycles. The monoisotopic (exact) mass is 324 g/mol. The van der Waals surface area contributed by atoms with Crippen molar-refractivity contribution in [1.29, 1.82) is 5.41 Å². The summed E-state index contributed by atoms with van der Waals surface area (Å²) in [6, 6.07) is 8.02. The summed E-state index contributed by atoms with van der Waals surface area (Å²) in [6.45, 7) is 2.95. The van der Waals surface area contributed by atoms with E-state index in [0.717, 1.165) is 60.0 Å². The zero-order chi connectivity index (χ0) is 17.1. The van der Waals surface area contributed by atoms with Crippen molar-refractivity contribution < 1.29 is 0 Å². The molecule has 1 aromatic carbocycles. The molecule has 3 aromatic rings. The molecule has 126 valence electrons. The van der Waals surface area contributed by atoms with Gasteiger partial charge in [-0.2, -0.15) is 0 Å². The molecule has 24 heavy (non-hydrogen) atoms. The van der Waals surface area contributed by atoms with Crippen molar-refractivity contribution in [1.82, 2.24) is 14.5 Å². The number of amidine groups is 1. The molecule has 0 aliphatic heterocycles. The number of imidazole rings is 1. The molecule has 3 rings (SSSR count).